The second kappa shape index (κ2) is 6.89. The lowest BCUT2D eigenvalue weighted by Crippen LogP contribution is -2.36. The summed E-state index contributed by atoms with van der Waals surface area (Å²) in [5.74, 6) is 0.140. The Kier molecular flexibility index (Phi) is 5.18. The largest absolute Gasteiger partial charge is 0.326 e. The molecule has 20 heavy (non-hydrogen) atoms. The molecule has 1 aromatic rings. The van der Waals surface area contributed by atoms with Gasteiger partial charge >= 0.3 is 0 Å². The average Bonchev–Trinajstić information content (AvgIpc) is 2.42. The van der Waals surface area contributed by atoms with Crippen molar-refractivity contribution in [2.45, 2.75) is 52.0 Å². The molecule has 110 valence electrons. The van der Waals surface area contributed by atoms with Crippen molar-refractivity contribution in [3.8, 4) is 0 Å². The fraction of sp³-hybridized carbons (Fsp3) is 0.588. The summed E-state index contributed by atoms with van der Waals surface area (Å²) in [4.78, 5) is 14.5. The van der Waals surface area contributed by atoms with E-state index in [4.69, 9.17) is 0 Å². The van der Waals surface area contributed by atoms with Gasteiger partial charge in [0.25, 0.3) is 0 Å². The van der Waals surface area contributed by atoms with E-state index >= 15 is 0 Å². The molecule has 3 nitrogen and oxygen atoms in total. The number of carbonyl (C=O) groups is 1. The van der Waals surface area contributed by atoms with Crippen LogP contribution in [0, 0.1) is 13.8 Å². The molecular formula is C17H26N2O. The van der Waals surface area contributed by atoms with E-state index in [9.17, 15) is 4.79 Å². The Hall–Kier alpha value is -1.35. The Balaban J connectivity index is 1.86. The lowest BCUT2D eigenvalue weighted by atomic mass is 9.98. The Labute approximate surface area is 122 Å². The number of aryl methyl sites for hydroxylation is 2. The van der Waals surface area contributed by atoms with E-state index in [1.165, 1.54) is 25.8 Å². The monoisotopic (exact) mass is 274 g/mol. The van der Waals surface area contributed by atoms with Crippen molar-refractivity contribution in [2.75, 3.05) is 18.9 Å². The molecular weight excluding hydrogens is 248 g/mol. The predicted molar refractivity (Wildman–Crippen MR) is 84.0 cm³/mol. The molecule has 0 spiro atoms. The predicted octanol–water partition coefficient (Wildman–Crippen LogP) is 3.51. The van der Waals surface area contributed by atoms with Crippen LogP contribution in [-0.4, -0.2) is 30.4 Å². The van der Waals surface area contributed by atoms with Gasteiger partial charge in [-0.25, -0.2) is 0 Å². The molecule has 1 amide bonds. The summed E-state index contributed by atoms with van der Waals surface area (Å²) >= 11 is 0. The van der Waals surface area contributed by atoms with Gasteiger partial charge in [-0.1, -0.05) is 24.6 Å². The molecule has 3 heteroatoms. The smallest absolute Gasteiger partial charge is 0.224 e. The van der Waals surface area contributed by atoms with Crippen LogP contribution in [0.2, 0.25) is 0 Å². The number of anilines is 1. The van der Waals surface area contributed by atoms with E-state index in [0.717, 1.165) is 23.2 Å². The van der Waals surface area contributed by atoms with E-state index in [1.807, 2.05) is 32.0 Å². The highest BCUT2D eigenvalue weighted by Crippen LogP contribution is 2.22. The molecule has 1 aromatic carbocycles. The van der Waals surface area contributed by atoms with Gasteiger partial charge in [-0.15, -0.1) is 0 Å². The zero-order valence-electron chi connectivity index (χ0n) is 12.9. The molecule has 1 N–H and O–H groups in total. The first-order chi connectivity index (χ1) is 9.58. The lowest BCUT2D eigenvalue weighted by molar-refractivity contribution is -0.116. The molecule has 0 aromatic heterocycles. The first kappa shape index (κ1) is 15.0. The minimum Gasteiger partial charge on any atom is -0.326 e. The number of benzene rings is 1. The number of amides is 1. The van der Waals surface area contributed by atoms with Gasteiger partial charge in [0.05, 0.1) is 0 Å². The molecule has 1 heterocycles. The van der Waals surface area contributed by atoms with E-state index in [1.54, 1.807) is 0 Å². The van der Waals surface area contributed by atoms with Gasteiger partial charge in [0.1, 0.15) is 0 Å². The molecule has 1 unspecified atom stereocenters. The van der Waals surface area contributed by atoms with Crippen molar-refractivity contribution < 1.29 is 4.79 Å². The maximum Gasteiger partial charge on any atom is 0.224 e. The van der Waals surface area contributed by atoms with Crippen LogP contribution in [0.3, 0.4) is 0 Å². The number of piperidine rings is 1. The maximum absolute atomic E-state index is 12.1. The molecule has 0 radical (unpaired) electrons. The Morgan fingerprint density at radius 3 is 2.65 bits per heavy atom. The maximum atomic E-state index is 12.1. The number of hydrogen-bond donors (Lipinski definition) is 1. The summed E-state index contributed by atoms with van der Waals surface area (Å²) in [7, 11) is 2.17. The summed E-state index contributed by atoms with van der Waals surface area (Å²) in [5.41, 5.74) is 3.25. The Morgan fingerprint density at radius 2 is 2.00 bits per heavy atom. The molecule has 1 fully saturated rings. The van der Waals surface area contributed by atoms with Gasteiger partial charge in [-0.3, -0.25) is 4.79 Å². The zero-order chi connectivity index (χ0) is 14.5. The summed E-state index contributed by atoms with van der Waals surface area (Å²) in [6, 6.07) is 6.68. The number of hydrogen-bond acceptors (Lipinski definition) is 2. The third kappa shape index (κ3) is 3.83. The topological polar surface area (TPSA) is 32.3 Å². The SMILES string of the molecule is Cc1cccc(C)c1NC(=O)CCC1CCCCN1C. The summed E-state index contributed by atoms with van der Waals surface area (Å²) < 4.78 is 0. The van der Waals surface area contributed by atoms with Gasteiger partial charge in [-0.05, 0) is 57.8 Å². The average molecular weight is 274 g/mol. The number of carbonyl (C=O) groups excluding carboxylic acids is 1. The number of rotatable bonds is 4. The fourth-order valence-electron chi connectivity index (χ4n) is 3.02. The molecule has 1 aliphatic heterocycles. The third-order valence-corrected chi connectivity index (χ3v) is 4.37. The summed E-state index contributed by atoms with van der Waals surface area (Å²) in [6.07, 6.45) is 5.40. The van der Waals surface area contributed by atoms with E-state index in [2.05, 4.69) is 17.3 Å². The zero-order valence-corrected chi connectivity index (χ0v) is 12.9. The molecule has 1 atom stereocenters. The standard InChI is InChI=1S/C17H26N2O/c1-13-7-6-8-14(2)17(13)18-16(20)11-10-15-9-4-5-12-19(15)3/h6-8,15H,4-5,9-12H2,1-3H3,(H,18,20). The van der Waals surface area contributed by atoms with Gasteiger partial charge in [0, 0.05) is 18.2 Å². The second-order valence-electron chi connectivity index (χ2n) is 5.98. The number of likely N-dealkylation sites (tertiary alicyclic amines) is 1. The van der Waals surface area contributed by atoms with Gasteiger partial charge in [0.2, 0.25) is 5.91 Å². The first-order valence-electron chi connectivity index (χ1n) is 7.64. The lowest BCUT2D eigenvalue weighted by Gasteiger charge is -2.32. The van der Waals surface area contributed by atoms with Crippen LogP contribution in [0.5, 0.6) is 0 Å². The van der Waals surface area contributed by atoms with Crippen molar-refractivity contribution in [3.63, 3.8) is 0 Å². The number of nitrogens with one attached hydrogen (secondary N) is 1. The summed E-state index contributed by atoms with van der Waals surface area (Å²) in [5, 5.41) is 3.08. The highest BCUT2D eigenvalue weighted by atomic mass is 16.1. The molecule has 2 rings (SSSR count). The van der Waals surface area contributed by atoms with Crippen molar-refractivity contribution in [1.82, 2.24) is 4.90 Å². The number of para-hydroxylation sites is 1. The molecule has 0 aliphatic carbocycles. The molecule has 1 saturated heterocycles. The van der Waals surface area contributed by atoms with Crippen molar-refractivity contribution in [2.24, 2.45) is 0 Å². The molecule has 0 saturated carbocycles. The quantitative estimate of drug-likeness (QED) is 0.911. The van der Waals surface area contributed by atoms with Crippen LogP contribution < -0.4 is 5.32 Å². The first-order valence-corrected chi connectivity index (χ1v) is 7.64. The van der Waals surface area contributed by atoms with Crippen LogP contribution in [0.4, 0.5) is 5.69 Å². The van der Waals surface area contributed by atoms with E-state index in [0.29, 0.717) is 12.5 Å². The van der Waals surface area contributed by atoms with E-state index < -0.39 is 0 Å². The van der Waals surface area contributed by atoms with Crippen LogP contribution in [0.1, 0.15) is 43.2 Å². The highest BCUT2D eigenvalue weighted by molar-refractivity contribution is 5.92. The van der Waals surface area contributed by atoms with Gasteiger partial charge < -0.3 is 10.2 Å². The normalized spacial score (nSPS) is 19.9. The van der Waals surface area contributed by atoms with Crippen molar-refractivity contribution >= 4 is 11.6 Å². The van der Waals surface area contributed by atoms with Crippen LogP contribution in [0.15, 0.2) is 18.2 Å². The van der Waals surface area contributed by atoms with Crippen molar-refractivity contribution in [1.29, 1.82) is 0 Å². The molecule has 0 bridgehead atoms. The number of nitrogens with zero attached hydrogens (tertiary/aromatic N) is 1. The minimum absolute atomic E-state index is 0.140. The Morgan fingerprint density at radius 1 is 1.30 bits per heavy atom. The molecule has 1 aliphatic rings. The van der Waals surface area contributed by atoms with Crippen LogP contribution in [-0.2, 0) is 4.79 Å². The van der Waals surface area contributed by atoms with Crippen LogP contribution in [0.25, 0.3) is 0 Å². The third-order valence-electron chi connectivity index (χ3n) is 4.37. The van der Waals surface area contributed by atoms with E-state index in [-0.39, 0.29) is 5.91 Å². The minimum atomic E-state index is 0.140. The fourth-order valence-corrected chi connectivity index (χ4v) is 3.02. The van der Waals surface area contributed by atoms with Crippen LogP contribution >= 0.6 is 0 Å². The van der Waals surface area contributed by atoms with Gasteiger partial charge in [0.15, 0.2) is 0 Å². The Bertz CT molecular complexity index is 450. The second-order valence-corrected chi connectivity index (χ2v) is 5.98. The van der Waals surface area contributed by atoms with Gasteiger partial charge in [-0.2, -0.15) is 0 Å². The summed E-state index contributed by atoms with van der Waals surface area (Å²) in [6.45, 7) is 5.25. The highest BCUT2D eigenvalue weighted by Gasteiger charge is 2.19. The van der Waals surface area contributed by atoms with Crippen molar-refractivity contribution in [3.05, 3.63) is 29.3 Å².